The van der Waals surface area contributed by atoms with Gasteiger partial charge in [-0.25, -0.2) is 0 Å². The highest BCUT2D eigenvalue weighted by Crippen LogP contribution is 2.11. The average molecular weight is 166 g/mol. The molecule has 1 heteroatoms. The highest BCUT2D eigenvalue weighted by Gasteiger charge is 1.88. The van der Waals surface area contributed by atoms with Crippen LogP contribution in [0.1, 0.15) is 25.1 Å². The van der Waals surface area contributed by atoms with Crippen LogP contribution < -0.4 is 0 Å². The Balaban J connectivity index is 2.37. The second kappa shape index (κ2) is 4.35. The smallest absolute Gasteiger partial charge is 0.0267 e. The Morgan fingerprint density at radius 2 is 2.36 bits per heavy atom. The lowest BCUT2D eigenvalue weighted by Gasteiger charge is -1.95. The molecule has 0 radical (unpaired) electrons. The van der Waals surface area contributed by atoms with E-state index in [1.54, 1.807) is 11.3 Å². The van der Waals surface area contributed by atoms with Crippen molar-refractivity contribution in [1.29, 1.82) is 0 Å². The van der Waals surface area contributed by atoms with Gasteiger partial charge in [-0.15, -0.1) is 11.3 Å². The molecule has 0 spiro atoms. The van der Waals surface area contributed by atoms with Gasteiger partial charge in [0, 0.05) is 4.88 Å². The minimum Gasteiger partial charge on any atom is -0.144 e. The lowest BCUT2D eigenvalue weighted by atomic mass is 10.1. The lowest BCUT2D eigenvalue weighted by molar-refractivity contribution is 0.665. The summed E-state index contributed by atoms with van der Waals surface area (Å²) in [6.45, 7) is 4.47. The minimum absolute atomic E-state index is 0.770. The Labute approximate surface area is 72.6 Å². The second-order valence-electron chi connectivity index (χ2n) is 3.05. The molecule has 0 atom stereocenters. The molecule has 0 bridgehead atoms. The summed E-state index contributed by atoms with van der Waals surface area (Å²) < 4.78 is 0. The Hall–Kier alpha value is -0.560. The maximum atomic E-state index is 2.25. The second-order valence-corrected chi connectivity index (χ2v) is 4.03. The minimum atomic E-state index is 0.770. The van der Waals surface area contributed by atoms with Crippen LogP contribution in [0.4, 0.5) is 0 Å². The molecule has 11 heavy (non-hydrogen) atoms. The van der Waals surface area contributed by atoms with Crippen LogP contribution >= 0.6 is 11.3 Å². The summed E-state index contributed by atoms with van der Waals surface area (Å²) in [5.74, 6) is 0.770. The normalized spacial score (nSPS) is 11.5. The van der Waals surface area contributed by atoms with Gasteiger partial charge in [-0.3, -0.25) is 0 Å². The molecule has 0 fully saturated rings. The van der Waals surface area contributed by atoms with Crippen LogP contribution in [0.5, 0.6) is 0 Å². The van der Waals surface area contributed by atoms with Crippen molar-refractivity contribution >= 4 is 17.4 Å². The van der Waals surface area contributed by atoms with E-state index < -0.39 is 0 Å². The number of hydrogen-bond donors (Lipinski definition) is 0. The van der Waals surface area contributed by atoms with Gasteiger partial charge in [-0.1, -0.05) is 26.0 Å². The Morgan fingerprint density at radius 1 is 1.55 bits per heavy atom. The zero-order valence-corrected chi connectivity index (χ0v) is 7.90. The molecule has 0 aliphatic carbocycles. The summed E-state index contributed by atoms with van der Waals surface area (Å²) in [5.41, 5.74) is 0. The van der Waals surface area contributed by atoms with E-state index in [4.69, 9.17) is 0 Å². The van der Waals surface area contributed by atoms with Crippen molar-refractivity contribution in [2.45, 2.75) is 20.3 Å². The fourth-order valence-electron chi connectivity index (χ4n) is 0.842. The first-order chi connectivity index (χ1) is 5.29. The molecule has 0 unspecified atom stereocenters. The van der Waals surface area contributed by atoms with Crippen molar-refractivity contribution in [3.8, 4) is 0 Å². The van der Waals surface area contributed by atoms with Crippen LogP contribution in [0.2, 0.25) is 0 Å². The third kappa shape index (κ3) is 3.38. The van der Waals surface area contributed by atoms with Gasteiger partial charge >= 0.3 is 0 Å². The van der Waals surface area contributed by atoms with E-state index >= 15 is 0 Å². The molecule has 0 aliphatic rings. The predicted octanol–water partition coefficient (Wildman–Crippen LogP) is 3.81. The molecule has 1 heterocycles. The molecule has 1 aromatic rings. The van der Waals surface area contributed by atoms with E-state index in [2.05, 4.69) is 43.5 Å². The largest absolute Gasteiger partial charge is 0.144 e. The maximum Gasteiger partial charge on any atom is 0.0267 e. The van der Waals surface area contributed by atoms with Gasteiger partial charge in [0.25, 0.3) is 0 Å². The van der Waals surface area contributed by atoms with Crippen molar-refractivity contribution in [3.05, 3.63) is 28.5 Å². The van der Waals surface area contributed by atoms with E-state index in [0.717, 1.165) is 5.92 Å². The van der Waals surface area contributed by atoms with Gasteiger partial charge < -0.3 is 0 Å². The first-order valence-electron chi connectivity index (χ1n) is 3.99. The van der Waals surface area contributed by atoms with Crippen LogP contribution in [0.3, 0.4) is 0 Å². The number of allylic oxidation sites excluding steroid dienone is 1. The first kappa shape index (κ1) is 8.54. The van der Waals surface area contributed by atoms with Gasteiger partial charge in [0.05, 0.1) is 0 Å². The molecule has 0 amide bonds. The van der Waals surface area contributed by atoms with Crippen molar-refractivity contribution in [3.63, 3.8) is 0 Å². The molecule has 60 valence electrons. The topological polar surface area (TPSA) is 0 Å². The highest BCUT2D eigenvalue weighted by molar-refractivity contribution is 7.10. The van der Waals surface area contributed by atoms with E-state index in [1.165, 1.54) is 11.3 Å². The molecule has 1 aromatic heterocycles. The summed E-state index contributed by atoms with van der Waals surface area (Å²) in [7, 11) is 0. The predicted molar refractivity (Wildman–Crippen MR) is 52.8 cm³/mol. The van der Waals surface area contributed by atoms with Crippen LogP contribution in [0.15, 0.2) is 23.6 Å². The van der Waals surface area contributed by atoms with Crippen LogP contribution in [0.25, 0.3) is 6.08 Å². The van der Waals surface area contributed by atoms with Crippen LogP contribution in [-0.2, 0) is 0 Å². The molecule has 0 aliphatic heterocycles. The van der Waals surface area contributed by atoms with Crippen molar-refractivity contribution in [1.82, 2.24) is 0 Å². The Bertz CT molecular complexity index is 207. The third-order valence-electron chi connectivity index (χ3n) is 1.43. The van der Waals surface area contributed by atoms with Gasteiger partial charge in [0.15, 0.2) is 0 Å². The molecule has 0 aromatic carbocycles. The van der Waals surface area contributed by atoms with Gasteiger partial charge in [0.2, 0.25) is 0 Å². The zero-order chi connectivity index (χ0) is 8.10. The number of rotatable bonds is 3. The molecule has 1 rings (SSSR count). The molecule has 0 saturated carbocycles. The summed E-state index contributed by atoms with van der Waals surface area (Å²) in [6.07, 6.45) is 5.62. The van der Waals surface area contributed by atoms with Crippen LogP contribution in [-0.4, -0.2) is 0 Å². The summed E-state index contributed by atoms with van der Waals surface area (Å²) in [5, 5.41) is 2.11. The molecule has 0 nitrogen and oxygen atoms in total. The van der Waals surface area contributed by atoms with Crippen LogP contribution in [0, 0.1) is 5.92 Å². The summed E-state index contributed by atoms with van der Waals surface area (Å²) >= 11 is 1.79. The average Bonchev–Trinajstić information content (AvgIpc) is 2.39. The van der Waals surface area contributed by atoms with Gasteiger partial charge in [-0.2, -0.15) is 0 Å². The number of thiophene rings is 1. The van der Waals surface area contributed by atoms with Crippen molar-refractivity contribution < 1.29 is 0 Å². The Morgan fingerprint density at radius 3 is 2.91 bits per heavy atom. The van der Waals surface area contributed by atoms with E-state index in [9.17, 15) is 0 Å². The van der Waals surface area contributed by atoms with Gasteiger partial charge in [-0.05, 0) is 29.9 Å². The lowest BCUT2D eigenvalue weighted by Crippen LogP contribution is -1.80. The zero-order valence-electron chi connectivity index (χ0n) is 7.08. The van der Waals surface area contributed by atoms with E-state index in [1.807, 2.05) is 0 Å². The molecule has 0 saturated heterocycles. The van der Waals surface area contributed by atoms with Gasteiger partial charge in [0.1, 0.15) is 0 Å². The number of hydrogen-bond acceptors (Lipinski definition) is 1. The highest BCUT2D eigenvalue weighted by atomic mass is 32.1. The fraction of sp³-hybridized carbons (Fsp3) is 0.400. The van der Waals surface area contributed by atoms with E-state index in [0.29, 0.717) is 0 Å². The SMILES string of the molecule is CC(C)C/C=C/c1cccs1. The van der Waals surface area contributed by atoms with Crippen molar-refractivity contribution in [2.24, 2.45) is 5.92 Å². The summed E-state index contributed by atoms with van der Waals surface area (Å²) in [6, 6.07) is 4.22. The third-order valence-corrected chi connectivity index (χ3v) is 2.27. The molecular weight excluding hydrogens is 152 g/mol. The van der Waals surface area contributed by atoms with E-state index in [-0.39, 0.29) is 0 Å². The maximum absolute atomic E-state index is 2.25. The first-order valence-corrected chi connectivity index (χ1v) is 4.87. The Kier molecular flexibility index (Phi) is 3.37. The summed E-state index contributed by atoms with van der Waals surface area (Å²) in [4.78, 5) is 1.35. The monoisotopic (exact) mass is 166 g/mol. The molecular formula is C10H14S. The fourth-order valence-corrected chi connectivity index (χ4v) is 1.49. The van der Waals surface area contributed by atoms with Crippen molar-refractivity contribution in [2.75, 3.05) is 0 Å². The molecule has 0 N–H and O–H groups in total. The standard InChI is InChI=1S/C10H14S/c1-9(2)5-3-6-10-7-4-8-11-10/h3-4,6-9H,5H2,1-2H3/b6-3+. The quantitative estimate of drug-likeness (QED) is 0.640.